The molecule has 1 aromatic heterocycles. The number of anilines is 1. The summed E-state index contributed by atoms with van der Waals surface area (Å²) in [4.78, 5) is 31.0. The topological polar surface area (TPSA) is 98.2 Å². The zero-order valence-corrected chi connectivity index (χ0v) is 19.9. The van der Waals surface area contributed by atoms with Crippen LogP contribution < -0.4 is 9.64 Å². The van der Waals surface area contributed by atoms with Crippen LogP contribution in [0.5, 0.6) is 5.75 Å². The second-order valence-electron chi connectivity index (χ2n) is 8.44. The number of halogens is 1. The van der Waals surface area contributed by atoms with Gasteiger partial charge in [-0.1, -0.05) is 42.5 Å². The first-order valence-electron chi connectivity index (χ1n) is 11.7. The molecule has 2 aliphatic rings. The molecule has 0 saturated heterocycles. The van der Waals surface area contributed by atoms with Crippen LogP contribution in [-0.4, -0.2) is 35.2 Å². The molecular weight excluding hydrogens is 479 g/mol. The number of aliphatic carboxylic acids is 1. The van der Waals surface area contributed by atoms with Crippen molar-refractivity contribution in [2.75, 3.05) is 18.1 Å². The number of pyridine rings is 1. The lowest BCUT2D eigenvalue weighted by Crippen LogP contribution is -2.34. The highest BCUT2D eigenvalue weighted by Crippen LogP contribution is 2.46. The van der Waals surface area contributed by atoms with E-state index in [0.717, 1.165) is 11.1 Å². The van der Waals surface area contributed by atoms with E-state index in [1.165, 1.54) is 18.3 Å². The van der Waals surface area contributed by atoms with Crippen LogP contribution in [0.3, 0.4) is 0 Å². The molecule has 0 amide bonds. The summed E-state index contributed by atoms with van der Waals surface area (Å²) in [6, 6.07) is 15.5. The average molecular weight is 502 g/mol. The molecule has 0 radical (unpaired) electrons. The van der Waals surface area contributed by atoms with Crippen LogP contribution in [0.1, 0.15) is 29.3 Å². The lowest BCUT2D eigenvalue weighted by molar-refractivity contribution is -0.138. The molecule has 0 unspecified atom stereocenters. The summed E-state index contributed by atoms with van der Waals surface area (Å²) in [6.07, 6.45) is 3.20. The monoisotopic (exact) mass is 502 g/mol. The van der Waals surface area contributed by atoms with Gasteiger partial charge in [0.05, 0.1) is 19.4 Å². The van der Waals surface area contributed by atoms with Crippen molar-refractivity contribution in [1.29, 1.82) is 0 Å². The van der Waals surface area contributed by atoms with Crippen LogP contribution in [-0.2, 0) is 32.1 Å². The van der Waals surface area contributed by atoms with Gasteiger partial charge in [0, 0.05) is 18.2 Å². The van der Waals surface area contributed by atoms with E-state index >= 15 is 0 Å². The van der Waals surface area contributed by atoms with E-state index in [0.29, 0.717) is 23.4 Å². The van der Waals surface area contributed by atoms with Crippen LogP contribution in [0.15, 0.2) is 78.3 Å². The highest BCUT2D eigenvalue weighted by Gasteiger charge is 2.38. The predicted octanol–water partition coefficient (Wildman–Crippen LogP) is 4.44. The van der Waals surface area contributed by atoms with Gasteiger partial charge in [0.2, 0.25) is 5.76 Å². The molecule has 188 valence electrons. The molecule has 5 rings (SSSR count). The third-order valence-electron chi connectivity index (χ3n) is 5.94. The maximum atomic E-state index is 13.4. The van der Waals surface area contributed by atoms with Crippen LogP contribution in [0.2, 0.25) is 0 Å². The molecule has 3 aromatic rings. The van der Waals surface area contributed by atoms with Crippen molar-refractivity contribution in [2.45, 2.75) is 20.0 Å². The standard InChI is InChI=1S/C28H23FN2O6/c1-2-35-28(34)21-14-31-15-22(27(32)33)37-25-19(12-17-8-10-20(29)11-9-17)13-30-23(24(25)31)26(21)36-16-18-6-4-3-5-7-18/h3-11,13,15H,2,12,14,16H2,1H3,(H,32,33). The van der Waals surface area contributed by atoms with E-state index in [-0.39, 0.29) is 48.4 Å². The van der Waals surface area contributed by atoms with Crippen molar-refractivity contribution < 1.29 is 33.3 Å². The number of nitrogens with zero attached hydrogens (tertiary/aromatic N) is 2. The number of carboxylic acids is 1. The quantitative estimate of drug-likeness (QED) is 0.452. The molecule has 8 nitrogen and oxygen atoms in total. The summed E-state index contributed by atoms with van der Waals surface area (Å²) in [5.41, 5.74) is 3.33. The van der Waals surface area contributed by atoms with Gasteiger partial charge in [0.15, 0.2) is 11.5 Å². The van der Waals surface area contributed by atoms with Crippen molar-refractivity contribution in [3.8, 4) is 5.75 Å². The molecule has 0 saturated carbocycles. The largest absolute Gasteiger partial charge is 0.486 e. The Bertz CT molecular complexity index is 1420. The van der Waals surface area contributed by atoms with E-state index < -0.39 is 11.9 Å². The lowest BCUT2D eigenvalue weighted by atomic mass is 9.99. The molecule has 1 N–H and O–H groups in total. The summed E-state index contributed by atoms with van der Waals surface area (Å²) < 4.78 is 30.7. The zero-order valence-electron chi connectivity index (χ0n) is 19.9. The minimum absolute atomic E-state index is 0.00474. The second-order valence-corrected chi connectivity index (χ2v) is 8.44. The Morgan fingerprint density at radius 3 is 2.57 bits per heavy atom. The Hall–Kier alpha value is -4.66. The Labute approximate surface area is 212 Å². The Kier molecular flexibility index (Phi) is 6.59. The minimum Gasteiger partial charge on any atom is -0.486 e. The fraction of sp³-hybridized carbons (Fsp3) is 0.179. The van der Waals surface area contributed by atoms with Crippen LogP contribution in [0.25, 0.3) is 5.76 Å². The summed E-state index contributed by atoms with van der Waals surface area (Å²) in [6.45, 7) is 2.06. The van der Waals surface area contributed by atoms with Gasteiger partial charge >= 0.3 is 11.9 Å². The van der Waals surface area contributed by atoms with Gasteiger partial charge in [-0.25, -0.2) is 14.0 Å². The van der Waals surface area contributed by atoms with Crippen molar-refractivity contribution in [3.05, 3.63) is 107 Å². The number of rotatable bonds is 8. The van der Waals surface area contributed by atoms with Crippen molar-refractivity contribution in [2.24, 2.45) is 0 Å². The molecule has 0 fully saturated rings. The molecule has 0 aliphatic carbocycles. The predicted molar refractivity (Wildman–Crippen MR) is 132 cm³/mol. The molecular formula is C28H23FN2O6. The Morgan fingerprint density at radius 1 is 1.11 bits per heavy atom. The maximum absolute atomic E-state index is 13.4. The number of carboxylic acid groups (broad SMARTS) is 1. The van der Waals surface area contributed by atoms with Crippen LogP contribution in [0.4, 0.5) is 10.1 Å². The first kappa shape index (κ1) is 24.1. The van der Waals surface area contributed by atoms with Crippen molar-refractivity contribution in [3.63, 3.8) is 0 Å². The van der Waals surface area contributed by atoms with E-state index in [1.807, 2.05) is 30.3 Å². The number of hydrogen-bond acceptors (Lipinski definition) is 7. The Morgan fingerprint density at radius 2 is 1.86 bits per heavy atom. The van der Waals surface area contributed by atoms with Crippen molar-refractivity contribution in [1.82, 2.24) is 4.98 Å². The van der Waals surface area contributed by atoms with Gasteiger partial charge in [-0.3, -0.25) is 4.98 Å². The molecule has 0 spiro atoms. The highest BCUT2D eigenvalue weighted by molar-refractivity contribution is 6.02. The SMILES string of the molecule is CCOC(=O)C1=C(OCc2ccccc2)c2ncc(Cc3ccc(F)cc3)c3c2N(C=C(C(=O)O)O3)C1. The molecule has 0 bridgehead atoms. The highest BCUT2D eigenvalue weighted by atomic mass is 19.1. The number of hydrogen-bond donors (Lipinski definition) is 1. The van der Waals surface area contributed by atoms with Gasteiger partial charge in [-0.05, 0) is 30.2 Å². The molecule has 9 heteroatoms. The van der Waals surface area contributed by atoms with Gasteiger partial charge in [0.1, 0.15) is 29.4 Å². The van der Waals surface area contributed by atoms with Gasteiger partial charge in [-0.15, -0.1) is 0 Å². The lowest BCUT2D eigenvalue weighted by Gasteiger charge is -2.35. The molecule has 3 heterocycles. The van der Waals surface area contributed by atoms with Gasteiger partial charge in [0.25, 0.3) is 0 Å². The fourth-order valence-electron chi connectivity index (χ4n) is 4.23. The molecule has 2 aromatic carbocycles. The number of carbonyl (C=O) groups is 2. The van der Waals surface area contributed by atoms with Crippen LogP contribution in [0, 0.1) is 5.82 Å². The summed E-state index contributed by atoms with van der Waals surface area (Å²) in [7, 11) is 0. The van der Waals surface area contributed by atoms with E-state index in [1.54, 1.807) is 30.2 Å². The van der Waals surface area contributed by atoms with Crippen LogP contribution >= 0.6 is 0 Å². The summed E-state index contributed by atoms with van der Waals surface area (Å²) in [5.74, 6) is -1.96. The zero-order chi connectivity index (χ0) is 25.9. The summed E-state index contributed by atoms with van der Waals surface area (Å²) in [5, 5.41) is 9.69. The third-order valence-corrected chi connectivity index (χ3v) is 5.94. The first-order valence-corrected chi connectivity index (χ1v) is 11.7. The van der Waals surface area contributed by atoms with Gasteiger partial charge in [-0.2, -0.15) is 0 Å². The average Bonchev–Trinajstić information content (AvgIpc) is 2.90. The molecule has 37 heavy (non-hydrogen) atoms. The van der Waals surface area contributed by atoms with Gasteiger partial charge < -0.3 is 24.2 Å². The van der Waals surface area contributed by atoms with Crippen molar-refractivity contribution >= 4 is 23.4 Å². The number of ether oxygens (including phenoxy) is 3. The summed E-state index contributed by atoms with van der Waals surface area (Å²) >= 11 is 0. The molecule has 0 atom stereocenters. The Balaban J connectivity index is 1.61. The number of esters is 1. The fourth-order valence-corrected chi connectivity index (χ4v) is 4.23. The first-order chi connectivity index (χ1) is 17.9. The minimum atomic E-state index is -1.26. The number of carbonyl (C=O) groups excluding carboxylic acids is 1. The maximum Gasteiger partial charge on any atom is 0.373 e. The van der Waals surface area contributed by atoms with E-state index in [4.69, 9.17) is 14.2 Å². The number of benzene rings is 2. The second kappa shape index (κ2) is 10.1. The molecule has 2 aliphatic heterocycles. The third kappa shape index (κ3) is 4.88. The number of aromatic nitrogens is 1. The smallest absolute Gasteiger partial charge is 0.373 e. The van der Waals surface area contributed by atoms with E-state index in [2.05, 4.69) is 4.98 Å². The van der Waals surface area contributed by atoms with E-state index in [9.17, 15) is 19.1 Å². The normalized spacial score (nSPS) is 13.9.